The van der Waals surface area contributed by atoms with Gasteiger partial charge in [-0.2, -0.15) is 0 Å². The molecule has 0 aliphatic carbocycles. The Hall–Kier alpha value is -0.420. The number of hydrogen-bond donors (Lipinski definition) is 0. The third-order valence-corrected chi connectivity index (χ3v) is 3.64. The van der Waals surface area contributed by atoms with Gasteiger partial charge in [-0.1, -0.05) is 19.1 Å². The molecular weight excluding hydrogens is 244 g/mol. The van der Waals surface area contributed by atoms with Crippen LogP contribution in [0.15, 0.2) is 12.2 Å². The zero-order valence-electron chi connectivity index (χ0n) is 12.0. The van der Waals surface area contributed by atoms with Crippen LogP contribution in [0.1, 0.15) is 33.1 Å². The Morgan fingerprint density at radius 1 is 0.895 bits per heavy atom. The highest BCUT2D eigenvalue weighted by atomic mass is 16.7. The summed E-state index contributed by atoms with van der Waals surface area (Å²) in [6.45, 7) is 7.24. The lowest BCUT2D eigenvalue weighted by Gasteiger charge is -2.31. The Morgan fingerprint density at radius 3 is 2.11 bits per heavy atom. The van der Waals surface area contributed by atoms with Crippen molar-refractivity contribution in [3.05, 3.63) is 12.2 Å². The SMILES string of the molecule is C/C=C/[C@H]1CO[C@H](CC[C@H]2CO[C@H](CC)OC2)OC1. The molecule has 2 fully saturated rings. The number of allylic oxidation sites excluding steroid dienone is 1. The number of ether oxygens (including phenoxy) is 4. The van der Waals surface area contributed by atoms with Crippen LogP contribution in [0.3, 0.4) is 0 Å². The first-order valence-corrected chi connectivity index (χ1v) is 7.41. The molecule has 0 aromatic heterocycles. The lowest BCUT2D eigenvalue weighted by Crippen LogP contribution is -2.34. The first-order valence-electron chi connectivity index (χ1n) is 7.41. The van der Waals surface area contributed by atoms with Crippen LogP contribution in [0.2, 0.25) is 0 Å². The molecule has 2 aliphatic heterocycles. The minimum Gasteiger partial charge on any atom is -0.352 e. The highest BCUT2D eigenvalue weighted by Gasteiger charge is 2.24. The van der Waals surface area contributed by atoms with Gasteiger partial charge in [0.25, 0.3) is 0 Å². The molecule has 0 aromatic rings. The quantitative estimate of drug-likeness (QED) is 0.720. The zero-order chi connectivity index (χ0) is 13.5. The van der Waals surface area contributed by atoms with Crippen molar-refractivity contribution in [3.8, 4) is 0 Å². The Kier molecular flexibility index (Phi) is 6.31. The molecular formula is C15H26O4. The van der Waals surface area contributed by atoms with Gasteiger partial charge in [0.2, 0.25) is 0 Å². The third-order valence-electron chi connectivity index (χ3n) is 3.64. The smallest absolute Gasteiger partial charge is 0.157 e. The summed E-state index contributed by atoms with van der Waals surface area (Å²) in [4.78, 5) is 0. The summed E-state index contributed by atoms with van der Waals surface area (Å²) in [7, 11) is 0. The van der Waals surface area contributed by atoms with Crippen LogP contribution in [0.5, 0.6) is 0 Å². The van der Waals surface area contributed by atoms with E-state index in [0.717, 1.165) is 45.7 Å². The van der Waals surface area contributed by atoms with Crippen LogP contribution in [0.25, 0.3) is 0 Å². The topological polar surface area (TPSA) is 36.9 Å². The van der Waals surface area contributed by atoms with Gasteiger partial charge in [-0.25, -0.2) is 0 Å². The molecule has 4 nitrogen and oxygen atoms in total. The van der Waals surface area contributed by atoms with E-state index in [1.54, 1.807) is 0 Å². The van der Waals surface area contributed by atoms with E-state index in [1.165, 1.54) is 0 Å². The van der Waals surface area contributed by atoms with Gasteiger partial charge in [-0.15, -0.1) is 0 Å². The molecule has 2 heterocycles. The van der Waals surface area contributed by atoms with E-state index in [0.29, 0.717) is 11.8 Å². The Bertz CT molecular complexity index is 263. The lowest BCUT2D eigenvalue weighted by atomic mass is 10.0. The van der Waals surface area contributed by atoms with E-state index >= 15 is 0 Å². The standard InChI is InChI=1S/C15H26O4/c1-3-5-12-8-18-15(19-9-12)7-6-13-10-16-14(4-2)17-11-13/h3,5,12-15H,4,6-11H2,1-2H3/b5-3+/t12-,13-,14-,15-. The minimum absolute atomic E-state index is 0.0000183. The molecule has 0 N–H and O–H groups in total. The molecule has 110 valence electrons. The van der Waals surface area contributed by atoms with Gasteiger partial charge in [-0.3, -0.25) is 0 Å². The highest BCUT2D eigenvalue weighted by Crippen LogP contribution is 2.22. The van der Waals surface area contributed by atoms with Crippen molar-refractivity contribution in [2.45, 2.75) is 45.7 Å². The maximum atomic E-state index is 5.72. The summed E-state index contributed by atoms with van der Waals surface area (Å²) >= 11 is 0. The average molecular weight is 270 g/mol. The van der Waals surface area contributed by atoms with Crippen LogP contribution in [0, 0.1) is 11.8 Å². The second-order valence-electron chi connectivity index (χ2n) is 5.33. The van der Waals surface area contributed by atoms with Gasteiger partial charge in [0.15, 0.2) is 12.6 Å². The average Bonchev–Trinajstić information content (AvgIpc) is 2.47. The van der Waals surface area contributed by atoms with E-state index < -0.39 is 0 Å². The van der Waals surface area contributed by atoms with Crippen LogP contribution >= 0.6 is 0 Å². The van der Waals surface area contributed by atoms with E-state index in [9.17, 15) is 0 Å². The molecule has 0 unspecified atom stereocenters. The van der Waals surface area contributed by atoms with Crippen molar-refractivity contribution in [1.82, 2.24) is 0 Å². The molecule has 0 amide bonds. The normalized spacial score (nSPS) is 36.7. The molecule has 2 saturated heterocycles. The maximum absolute atomic E-state index is 5.72. The van der Waals surface area contributed by atoms with Crippen LogP contribution in [-0.2, 0) is 18.9 Å². The van der Waals surface area contributed by atoms with Gasteiger partial charge in [0, 0.05) is 11.8 Å². The second-order valence-corrected chi connectivity index (χ2v) is 5.33. The zero-order valence-corrected chi connectivity index (χ0v) is 12.0. The Morgan fingerprint density at radius 2 is 1.53 bits per heavy atom. The maximum Gasteiger partial charge on any atom is 0.157 e. The molecule has 0 aromatic carbocycles. The van der Waals surface area contributed by atoms with E-state index in [1.807, 2.05) is 6.92 Å². The van der Waals surface area contributed by atoms with Crippen molar-refractivity contribution in [1.29, 1.82) is 0 Å². The fourth-order valence-corrected chi connectivity index (χ4v) is 2.47. The molecule has 19 heavy (non-hydrogen) atoms. The first kappa shape index (κ1) is 15.0. The summed E-state index contributed by atoms with van der Waals surface area (Å²) in [5.41, 5.74) is 0. The monoisotopic (exact) mass is 270 g/mol. The van der Waals surface area contributed by atoms with Gasteiger partial charge < -0.3 is 18.9 Å². The molecule has 0 saturated carbocycles. The Balaban J connectivity index is 1.59. The molecule has 0 radical (unpaired) electrons. The van der Waals surface area contributed by atoms with Crippen molar-refractivity contribution in [2.75, 3.05) is 26.4 Å². The lowest BCUT2D eigenvalue weighted by molar-refractivity contribution is -0.214. The molecule has 0 atom stereocenters. The van der Waals surface area contributed by atoms with Crippen LogP contribution in [0.4, 0.5) is 0 Å². The molecule has 0 bridgehead atoms. The summed E-state index contributed by atoms with van der Waals surface area (Å²) in [5, 5.41) is 0. The van der Waals surface area contributed by atoms with E-state index in [2.05, 4.69) is 19.1 Å². The van der Waals surface area contributed by atoms with Gasteiger partial charge >= 0.3 is 0 Å². The number of rotatable bonds is 5. The predicted molar refractivity (Wildman–Crippen MR) is 72.7 cm³/mol. The summed E-state index contributed by atoms with van der Waals surface area (Å²) in [6, 6.07) is 0. The van der Waals surface area contributed by atoms with Crippen molar-refractivity contribution < 1.29 is 18.9 Å². The Labute approximate surface area is 116 Å². The summed E-state index contributed by atoms with van der Waals surface area (Å²) in [6.07, 6.45) is 7.04. The van der Waals surface area contributed by atoms with Crippen molar-refractivity contribution >= 4 is 0 Å². The molecule has 4 heteroatoms. The van der Waals surface area contributed by atoms with Gasteiger partial charge in [0.05, 0.1) is 26.4 Å². The molecule has 2 rings (SSSR count). The van der Waals surface area contributed by atoms with Crippen molar-refractivity contribution in [3.63, 3.8) is 0 Å². The minimum atomic E-state index is -0.0506. The van der Waals surface area contributed by atoms with Gasteiger partial charge in [0.1, 0.15) is 0 Å². The molecule has 0 spiro atoms. The highest BCUT2D eigenvalue weighted by molar-refractivity contribution is 4.86. The first-order chi connectivity index (χ1) is 9.31. The number of hydrogen-bond acceptors (Lipinski definition) is 4. The van der Waals surface area contributed by atoms with Crippen molar-refractivity contribution in [2.24, 2.45) is 11.8 Å². The van der Waals surface area contributed by atoms with Gasteiger partial charge in [-0.05, 0) is 26.2 Å². The third kappa shape index (κ3) is 4.88. The fourth-order valence-electron chi connectivity index (χ4n) is 2.47. The van der Waals surface area contributed by atoms with Crippen LogP contribution < -0.4 is 0 Å². The van der Waals surface area contributed by atoms with E-state index in [-0.39, 0.29) is 12.6 Å². The largest absolute Gasteiger partial charge is 0.352 e. The summed E-state index contributed by atoms with van der Waals surface area (Å²) in [5.74, 6) is 0.885. The predicted octanol–water partition coefficient (Wildman–Crippen LogP) is 2.73. The van der Waals surface area contributed by atoms with E-state index in [4.69, 9.17) is 18.9 Å². The second kappa shape index (κ2) is 8.00. The molecule has 2 aliphatic rings. The summed E-state index contributed by atoms with van der Waals surface area (Å²) < 4.78 is 22.7. The van der Waals surface area contributed by atoms with Crippen LogP contribution in [-0.4, -0.2) is 39.0 Å². The fraction of sp³-hybridized carbons (Fsp3) is 0.867.